The molecule has 0 amide bonds. The third-order valence-corrected chi connectivity index (χ3v) is 1.50. The average Bonchev–Trinajstić information content (AvgIpc) is 2.19. The lowest BCUT2D eigenvalue weighted by atomic mass is 10.3. The predicted octanol–water partition coefficient (Wildman–Crippen LogP) is 1.23. The lowest BCUT2D eigenvalue weighted by Crippen LogP contribution is -2.16. The zero-order valence-corrected chi connectivity index (χ0v) is 7.56. The molecule has 1 aromatic rings. The van der Waals surface area contributed by atoms with Crippen molar-refractivity contribution in [3.63, 3.8) is 0 Å². The van der Waals surface area contributed by atoms with Gasteiger partial charge in [-0.25, -0.2) is 4.79 Å². The van der Waals surface area contributed by atoms with Crippen LogP contribution in [0.15, 0.2) is 24.5 Å². The van der Waals surface area contributed by atoms with Gasteiger partial charge < -0.3 is 9.47 Å². The molecule has 0 bridgehead atoms. The number of pyridine rings is 1. The Hall–Kier alpha value is -1.42. The van der Waals surface area contributed by atoms with E-state index < -0.39 is 12.3 Å². The van der Waals surface area contributed by atoms with Gasteiger partial charge in [0, 0.05) is 19.5 Å². The second-order valence-electron chi connectivity index (χ2n) is 2.45. The van der Waals surface area contributed by atoms with Gasteiger partial charge in [0.25, 0.3) is 0 Å². The van der Waals surface area contributed by atoms with Crippen LogP contribution < -0.4 is 0 Å². The molecule has 13 heavy (non-hydrogen) atoms. The molecule has 1 heterocycles. The lowest BCUT2D eigenvalue weighted by Gasteiger charge is -2.10. The first-order valence-electron chi connectivity index (χ1n) is 3.88. The number of aromatic nitrogens is 1. The van der Waals surface area contributed by atoms with Crippen molar-refractivity contribution < 1.29 is 14.3 Å². The number of nitrogens with zero attached hydrogens (tertiary/aromatic N) is 1. The van der Waals surface area contributed by atoms with Crippen LogP contribution in [-0.4, -0.2) is 24.4 Å². The van der Waals surface area contributed by atoms with Gasteiger partial charge >= 0.3 is 5.97 Å². The molecule has 1 rings (SSSR count). The first-order valence-corrected chi connectivity index (χ1v) is 3.88. The Bertz CT molecular complexity index is 273. The number of methoxy groups -OCH3 is 1. The Morgan fingerprint density at radius 3 is 2.92 bits per heavy atom. The molecule has 0 radical (unpaired) electrons. The summed E-state index contributed by atoms with van der Waals surface area (Å²) < 4.78 is 9.66. The quantitative estimate of drug-likeness (QED) is 0.519. The van der Waals surface area contributed by atoms with Crippen molar-refractivity contribution in [3.05, 3.63) is 30.1 Å². The van der Waals surface area contributed by atoms with Crippen LogP contribution in [0, 0.1) is 0 Å². The number of ether oxygens (including phenoxy) is 2. The van der Waals surface area contributed by atoms with E-state index in [1.807, 2.05) is 0 Å². The molecule has 0 aliphatic rings. The second-order valence-corrected chi connectivity index (χ2v) is 2.45. The highest BCUT2D eigenvalue weighted by Crippen LogP contribution is 2.01. The van der Waals surface area contributed by atoms with Crippen molar-refractivity contribution in [1.29, 1.82) is 0 Å². The zero-order chi connectivity index (χ0) is 9.68. The van der Waals surface area contributed by atoms with Crippen molar-refractivity contribution in [2.24, 2.45) is 0 Å². The number of hydrogen-bond acceptors (Lipinski definition) is 4. The van der Waals surface area contributed by atoms with Crippen LogP contribution >= 0.6 is 0 Å². The highest BCUT2D eigenvalue weighted by Gasteiger charge is 2.10. The minimum Gasteiger partial charge on any atom is -0.432 e. The van der Waals surface area contributed by atoms with E-state index in [0.29, 0.717) is 5.56 Å². The standard InChI is InChI=1S/C9H11NO3/c1-7(12-2)13-9(11)8-4-3-5-10-6-8/h3-7H,1-2H3. The fraction of sp³-hybridized carbons (Fsp3) is 0.333. The molecule has 0 saturated carbocycles. The molecule has 0 aliphatic carbocycles. The Morgan fingerprint density at radius 1 is 1.62 bits per heavy atom. The minimum atomic E-state index is -0.535. The molecule has 0 N–H and O–H groups in total. The number of rotatable bonds is 3. The van der Waals surface area contributed by atoms with Crippen molar-refractivity contribution in [3.8, 4) is 0 Å². The van der Waals surface area contributed by atoms with Crippen molar-refractivity contribution in [1.82, 2.24) is 4.98 Å². The van der Waals surface area contributed by atoms with Crippen LogP contribution in [0.4, 0.5) is 0 Å². The summed E-state index contributed by atoms with van der Waals surface area (Å²) in [6.45, 7) is 1.65. The van der Waals surface area contributed by atoms with E-state index in [1.165, 1.54) is 13.3 Å². The zero-order valence-electron chi connectivity index (χ0n) is 7.56. The molecule has 1 atom stereocenters. The van der Waals surface area contributed by atoms with Crippen LogP contribution in [0.2, 0.25) is 0 Å². The SMILES string of the molecule is COC(C)OC(=O)c1cccnc1. The van der Waals surface area contributed by atoms with E-state index in [1.54, 1.807) is 25.3 Å². The van der Waals surface area contributed by atoms with E-state index in [4.69, 9.17) is 9.47 Å². The summed E-state index contributed by atoms with van der Waals surface area (Å²) in [5.41, 5.74) is 0.423. The minimum absolute atomic E-state index is 0.423. The van der Waals surface area contributed by atoms with Gasteiger partial charge in [-0.3, -0.25) is 4.98 Å². The average molecular weight is 181 g/mol. The maximum absolute atomic E-state index is 11.3. The van der Waals surface area contributed by atoms with Crippen molar-refractivity contribution in [2.75, 3.05) is 7.11 Å². The third kappa shape index (κ3) is 2.83. The van der Waals surface area contributed by atoms with Gasteiger partial charge in [0.1, 0.15) is 0 Å². The van der Waals surface area contributed by atoms with Crippen LogP contribution in [0.25, 0.3) is 0 Å². The molecule has 70 valence electrons. The number of carbonyl (C=O) groups is 1. The molecule has 1 unspecified atom stereocenters. The van der Waals surface area contributed by atoms with E-state index >= 15 is 0 Å². The molecular weight excluding hydrogens is 170 g/mol. The monoisotopic (exact) mass is 181 g/mol. The van der Waals surface area contributed by atoms with Gasteiger partial charge in [0.05, 0.1) is 5.56 Å². The van der Waals surface area contributed by atoms with Gasteiger partial charge in [-0.2, -0.15) is 0 Å². The maximum Gasteiger partial charge on any atom is 0.341 e. The van der Waals surface area contributed by atoms with Gasteiger partial charge in [-0.1, -0.05) is 0 Å². The Morgan fingerprint density at radius 2 is 2.38 bits per heavy atom. The van der Waals surface area contributed by atoms with E-state index in [9.17, 15) is 4.79 Å². The fourth-order valence-corrected chi connectivity index (χ4v) is 0.750. The first kappa shape index (κ1) is 9.67. The molecular formula is C9H11NO3. The topological polar surface area (TPSA) is 48.4 Å². The van der Waals surface area contributed by atoms with Crippen LogP contribution in [0.1, 0.15) is 17.3 Å². The number of esters is 1. The predicted molar refractivity (Wildman–Crippen MR) is 46.1 cm³/mol. The van der Waals surface area contributed by atoms with E-state index in [-0.39, 0.29) is 0 Å². The largest absolute Gasteiger partial charge is 0.432 e. The highest BCUT2D eigenvalue weighted by molar-refractivity contribution is 5.88. The maximum atomic E-state index is 11.3. The Labute approximate surface area is 76.5 Å². The summed E-state index contributed by atoms with van der Waals surface area (Å²) in [6.07, 6.45) is 2.51. The van der Waals surface area contributed by atoms with Crippen molar-refractivity contribution in [2.45, 2.75) is 13.2 Å². The fourth-order valence-electron chi connectivity index (χ4n) is 0.750. The number of hydrogen-bond donors (Lipinski definition) is 0. The highest BCUT2D eigenvalue weighted by atomic mass is 16.7. The Balaban J connectivity index is 2.59. The second kappa shape index (κ2) is 4.57. The van der Waals surface area contributed by atoms with Gasteiger partial charge in [0.2, 0.25) is 0 Å². The third-order valence-electron chi connectivity index (χ3n) is 1.50. The lowest BCUT2D eigenvalue weighted by molar-refractivity contribution is -0.0773. The van der Waals surface area contributed by atoms with Crippen LogP contribution in [0.5, 0.6) is 0 Å². The summed E-state index contributed by atoms with van der Waals surface area (Å²) in [7, 11) is 1.47. The van der Waals surface area contributed by atoms with E-state index in [2.05, 4.69) is 4.98 Å². The summed E-state index contributed by atoms with van der Waals surface area (Å²) >= 11 is 0. The van der Waals surface area contributed by atoms with Crippen LogP contribution in [0.3, 0.4) is 0 Å². The summed E-state index contributed by atoms with van der Waals surface area (Å²) in [4.78, 5) is 15.1. The van der Waals surface area contributed by atoms with Gasteiger partial charge in [-0.15, -0.1) is 0 Å². The van der Waals surface area contributed by atoms with Gasteiger partial charge in [-0.05, 0) is 19.1 Å². The molecule has 0 aromatic carbocycles. The number of carbonyl (C=O) groups excluding carboxylic acids is 1. The molecule has 4 nitrogen and oxygen atoms in total. The van der Waals surface area contributed by atoms with E-state index in [0.717, 1.165) is 0 Å². The molecule has 0 spiro atoms. The molecule has 1 aromatic heterocycles. The van der Waals surface area contributed by atoms with Crippen molar-refractivity contribution >= 4 is 5.97 Å². The first-order chi connectivity index (χ1) is 6.24. The molecule has 4 heteroatoms. The van der Waals surface area contributed by atoms with Gasteiger partial charge in [0.15, 0.2) is 6.29 Å². The van der Waals surface area contributed by atoms with Crippen LogP contribution in [-0.2, 0) is 9.47 Å². The smallest absolute Gasteiger partial charge is 0.341 e. The Kier molecular flexibility index (Phi) is 3.40. The summed E-state index contributed by atoms with van der Waals surface area (Å²) in [5.74, 6) is -0.428. The summed E-state index contributed by atoms with van der Waals surface area (Å²) in [5, 5.41) is 0. The normalized spacial score (nSPS) is 12.2. The molecule has 0 saturated heterocycles. The summed E-state index contributed by atoms with van der Waals surface area (Å²) in [6, 6.07) is 3.31. The molecule has 0 aliphatic heterocycles. The molecule has 0 fully saturated rings.